The molecule has 0 saturated heterocycles. The highest BCUT2D eigenvalue weighted by Crippen LogP contribution is 2.25. The molecule has 3 heterocycles. The Bertz CT molecular complexity index is 1590. The SMILES string of the molecule is O=S(=O)(Nc1cccc(-c2ccc3nnc(-c4cccnc4)n3n2)c1)c1cc(F)ccc1F. The summed E-state index contributed by atoms with van der Waals surface area (Å²) in [4.78, 5) is 3.31. The Labute approximate surface area is 186 Å². The molecule has 3 aromatic heterocycles. The van der Waals surface area contributed by atoms with Crippen molar-refractivity contribution in [1.29, 1.82) is 0 Å². The van der Waals surface area contributed by atoms with Gasteiger partial charge in [0.15, 0.2) is 11.5 Å². The number of fused-ring (bicyclic) bond motifs is 1. The first-order chi connectivity index (χ1) is 15.9. The number of rotatable bonds is 5. The summed E-state index contributed by atoms with van der Waals surface area (Å²) in [5, 5.41) is 12.9. The Balaban J connectivity index is 1.51. The van der Waals surface area contributed by atoms with Crippen LogP contribution in [0.3, 0.4) is 0 Å². The summed E-state index contributed by atoms with van der Waals surface area (Å²) in [6.45, 7) is 0. The number of hydrogen-bond acceptors (Lipinski definition) is 6. The molecule has 8 nitrogen and oxygen atoms in total. The summed E-state index contributed by atoms with van der Waals surface area (Å²) < 4.78 is 56.5. The zero-order chi connectivity index (χ0) is 23.0. The Morgan fingerprint density at radius 1 is 0.879 bits per heavy atom. The largest absolute Gasteiger partial charge is 0.280 e. The lowest BCUT2D eigenvalue weighted by molar-refractivity contribution is 0.555. The Morgan fingerprint density at radius 2 is 1.73 bits per heavy atom. The van der Waals surface area contributed by atoms with Crippen LogP contribution in [-0.2, 0) is 10.0 Å². The molecule has 0 spiro atoms. The third-order valence-electron chi connectivity index (χ3n) is 4.78. The molecule has 164 valence electrons. The molecule has 0 aliphatic rings. The van der Waals surface area contributed by atoms with Crippen LogP contribution >= 0.6 is 0 Å². The number of pyridine rings is 1. The maximum atomic E-state index is 14.0. The zero-order valence-corrected chi connectivity index (χ0v) is 17.5. The van der Waals surface area contributed by atoms with E-state index < -0.39 is 26.6 Å². The average molecular weight is 464 g/mol. The van der Waals surface area contributed by atoms with Gasteiger partial charge >= 0.3 is 0 Å². The molecular formula is C22H14F2N6O2S. The standard InChI is InChI=1S/C22H14F2N6O2S/c23-16-6-7-18(24)20(12-16)33(31,32)29-17-5-1-3-14(11-17)19-8-9-21-26-27-22(30(21)28-19)15-4-2-10-25-13-15/h1-13,29H. The molecule has 0 unspecified atom stereocenters. The van der Waals surface area contributed by atoms with E-state index in [4.69, 9.17) is 0 Å². The summed E-state index contributed by atoms with van der Waals surface area (Å²) in [6, 6.07) is 15.7. The maximum absolute atomic E-state index is 14.0. The molecule has 0 fully saturated rings. The predicted octanol–water partition coefficient (Wildman–Crippen LogP) is 3.93. The van der Waals surface area contributed by atoms with Crippen LogP contribution in [0.1, 0.15) is 0 Å². The Morgan fingerprint density at radius 3 is 2.55 bits per heavy atom. The van der Waals surface area contributed by atoms with Crippen LogP contribution in [0.25, 0.3) is 28.3 Å². The molecule has 0 saturated carbocycles. The molecule has 0 aliphatic heterocycles. The average Bonchev–Trinajstić information content (AvgIpc) is 3.24. The van der Waals surface area contributed by atoms with Gasteiger partial charge < -0.3 is 0 Å². The van der Waals surface area contributed by atoms with Crippen LogP contribution < -0.4 is 4.72 Å². The van der Waals surface area contributed by atoms with Crippen molar-refractivity contribution in [3.8, 4) is 22.6 Å². The van der Waals surface area contributed by atoms with Gasteiger partial charge in [0.25, 0.3) is 10.0 Å². The second kappa shape index (κ2) is 8.02. The molecule has 0 bridgehead atoms. The van der Waals surface area contributed by atoms with E-state index in [-0.39, 0.29) is 5.69 Å². The normalized spacial score (nSPS) is 11.6. The Kier molecular flexibility index (Phi) is 5.02. The molecule has 11 heteroatoms. The van der Waals surface area contributed by atoms with Gasteiger partial charge in [0, 0.05) is 29.2 Å². The van der Waals surface area contributed by atoms with E-state index in [0.717, 1.165) is 17.7 Å². The van der Waals surface area contributed by atoms with Crippen molar-refractivity contribution >= 4 is 21.4 Å². The second-order valence-corrected chi connectivity index (χ2v) is 8.67. The van der Waals surface area contributed by atoms with Gasteiger partial charge in [0.1, 0.15) is 16.5 Å². The molecule has 1 N–H and O–H groups in total. The van der Waals surface area contributed by atoms with Crippen molar-refractivity contribution < 1.29 is 17.2 Å². The number of nitrogens with zero attached hydrogens (tertiary/aromatic N) is 5. The first-order valence-corrected chi connectivity index (χ1v) is 11.1. The monoisotopic (exact) mass is 464 g/mol. The molecule has 2 aromatic carbocycles. The van der Waals surface area contributed by atoms with E-state index in [1.165, 1.54) is 12.1 Å². The van der Waals surface area contributed by atoms with Crippen LogP contribution in [-0.4, -0.2) is 33.2 Å². The zero-order valence-electron chi connectivity index (χ0n) is 16.7. The number of hydrogen-bond donors (Lipinski definition) is 1. The fourth-order valence-electron chi connectivity index (χ4n) is 3.25. The number of nitrogens with one attached hydrogen (secondary N) is 1. The summed E-state index contributed by atoms with van der Waals surface area (Å²) in [6.07, 6.45) is 3.29. The fraction of sp³-hybridized carbons (Fsp3) is 0. The molecule has 0 aliphatic carbocycles. The number of anilines is 1. The van der Waals surface area contributed by atoms with E-state index in [1.807, 2.05) is 6.07 Å². The minimum atomic E-state index is -4.35. The van der Waals surface area contributed by atoms with Gasteiger partial charge in [0.05, 0.1) is 5.69 Å². The molecule has 0 atom stereocenters. The van der Waals surface area contributed by atoms with E-state index in [1.54, 1.807) is 47.2 Å². The van der Waals surface area contributed by atoms with E-state index >= 15 is 0 Å². The Hall–Kier alpha value is -4.25. The molecule has 5 aromatic rings. The second-order valence-electron chi connectivity index (χ2n) is 7.01. The molecule has 0 radical (unpaired) electrons. The van der Waals surface area contributed by atoms with Gasteiger partial charge in [-0.3, -0.25) is 9.71 Å². The van der Waals surface area contributed by atoms with Crippen molar-refractivity contribution in [1.82, 2.24) is 24.8 Å². The van der Waals surface area contributed by atoms with E-state index in [9.17, 15) is 17.2 Å². The van der Waals surface area contributed by atoms with Crippen molar-refractivity contribution in [2.24, 2.45) is 0 Å². The maximum Gasteiger partial charge on any atom is 0.264 e. The van der Waals surface area contributed by atoms with E-state index in [2.05, 4.69) is 25.0 Å². The molecular weight excluding hydrogens is 450 g/mol. The fourth-order valence-corrected chi connectivity index (χ4v) is 4.39. The first-order valence-electron chi connectivity index (χ1n) is 9.62. The van der Waals surface area contributed by atoms with Crippen LogP contribution in [0.2, 0.25) is 0 Å². The van der Waals surface area contributed by atoms with Crippen LogP contribution in [0.4, 0.5) is 14.5 Å². The topological polar surface area (TPSA) is 102 Å². The highest BCUT2D eigenvalue weighted by atomic mass is 32.2. The van der Waals surface area contributed by atoms with Gasteiger partial charge in [0.2, 0.25) is 0 Å². The number of aromatic nitrogens is 5. The molecule has 33 heavy (non-hydrogen) atoms. The number of sulfonamides is 1. The minimum Gasteiger partial charge on any atom is -0.280 e. The highest BCUT2D eigenvalue weighted by Gasteiger charge is 2.20. The van der Waals surface area contributed by atoms with E-state index in [0.29, 0.717) is 28.8 Å². The predicted molar refractivity (Wildman–Crippen MR) is 117 cm³/mol. The van der Waals surface area contributed by atoms with Crippen molar-refractivity contribution in [2.75, 3.05) is 4.72 Å². The minimum absolute atomic E-state index is 0.161. The van der Waals surface area contributed by atoms with Crippen LogP contribution in [0, 0.1) is 11.6 Å². The van der Waals surface area contributed by atoms with Gasteiger partial charge in [-0.05, 0) is 54.6 Å². The summed E-state index contributed by atoms with van der Waals surface area (Å²) in [7, 11) is -4.35. The highest BCUT2D eigenvalue weighted by molar-refractivity contribution is 7.92. The lowest BCUT2D eigenvalue weighted by Crippen LogP contribution is -2.15. The van der Waals surface area contributed by atoms with Crippen molar-refractivity contribution in [3.63, 3.8) is 0 Å². The van der Waals surface area contributed by atoms with Crippen LogP contribution in [0.5, 0.6) is 0 Å². The van der Waals surface area contributed by atoms with Gasteiger partial charge in [-0.15, -0.1) is 10.2 Å². The first kappa shape index (κ1) is 20.6. The molecule has 0 amide bonds. The van der Waals surface area contributed by atoms with Crippen LogP contribution in [0.15, 0.2) is 84.0 Å². The quantitative estimate of drug-likeness (QED) is 0.423. The number of halogens is 2. The smallest absolute Gasteiger partial charge is 0.264 e. The summed E-state index contributed by atoms with van der Waals surface area (Å²) in [5.41, 5.74) is 2.52. The summed E-state index contributed by atoms with van der Waals surface area (Å²) in [5.74, 6) is -1.41. The van der Waals surface area contributed by atoms with Crippen molar-refractivity contribution in [2.45, 2.75) is 4.90 Å². The third-order valence-corrected chi connectivity index (χ3v) is 6.17. The van der Waals surface area contributed by atoms with Gasteiger partial charge in [-0.25, -0.2) is 17.2 Å². The molecule has 5 rings (SSSR count). The van der Waals surface area contributed by atoms with Gasteiger partial charge in [-0.2, -0.15) is 9.61 Å². The third kappa shape index (κ3) is 4.01. The lowest BCUT2D eigenvalue weighted by Gasteiger charge is -2.10. The lowest BCUT2D eigenvalue weighted by atomic mass is 10.1. The number of benzene rings is 2. The van der Waals surface area contributed by atoms with Crippen molar-refractivity contribution in [3.05, 3.63) is 90.8 Å². The van der Waals surface area contributed by atoms with Gasteiger partial charge in [-0.1, -0.05) is 12.1 Å². The summed E-state index contributed by atoms with van der Waals surface area (Å²) >= 11 is 0.